The molecule has 1 heteroatoms. The van der Waals surface area contributed by atoms with Crippen molar-refractivity contribution < 1.29 is 0 Å². The summed E-state index contributed by atoms with van der Waals surface area (Å²) in [6.07, 6.45) is 17.7. The van der Waals surface area contributed by atoms with E-state index in [0.717, 1.165) is 0 Å². The molecule has 0 saturated carbocycles. The number of hydrogen-bond donors (Lipinski definition) is 0. The highest BCUT2D eigenvalue weighted by Gasteiger charge is 2.05. The SMILES string of the molecule is CCCCCCCP(CCC)CCCCC. The van der Waals surface area contributed by atoms with Crippen molar-refractivity contribution in [2.45, 2.75) is 78.6 Å². The quantitative estimate of drug-likeness (QED) is 0.290. The summed E-state index contributed by atoms with van der Waals surface area (Å²) in [4.78, 5) is 0. The van der Waals surface area contributed by atoms with Gasteiger partial charge in [0.25, 0.3) is 0 Å². The maximum Gasteiger partial charge on any atom is -0.0326 e. The van der Waals surface area contributed by atoms with E-state index in [0.29, 0.717) is 7.92 Å². The van der Waals surface area contributed by atoms with Crippen LogP contribution in [0.1, 0.15) is 78.6 Å². The zero-order valence-corrected chi connectivity index (χ0v) is 12.8. The first kappa shape index (κ1) is 16.4. The van der Waals surface area contributed by atoms with Gasteiger partial charge in [-0.15, -0.1) is 7.92 Å². The van der Waals surface area contributed by atoms with Crippen LogP contribution in [0.2, 0.25) is 0 Å². The molecule has 98 valence electrons. The molecule has 16 heavy (non-hydrogen) atoms. The summed E-state index contributed by atoms with van der Waals surface area (Å²) in [5, 5.41) is 0. The van der Waals surface area contributed by atoms with E-state index in [1.807, 2.05) is 0 Å². The molecule has 0 aromatic rings. The summed E-state index contributed by atoms with van der Waals surface area (Å²) in [7, 11) is 0.407. The average molecular weight is 244 g/mol. The molecule has 0 heterocycles. The third-order valence-electron chi connectivity index (χ3n) is 3.20. The van der Waals surface area contributed by atoms with E-state index >= 15 is 0 Å². The third kappa shape index (κ3) is 10.9. The maximum absolute atomic E-state index is 2.35. The van der Waals surface area contributed by atoms with E-state index in [-0.39, 0.29) is 0 Å². The minimum atomic E-state index is 0.407. The normalized spacial score (nSPS) is 12.9. The van der Waals surface area contributed by atoms with Gasteiger partial charge in [0, 0.05) is 0 Å². The van der Waals surface area contributed by atoms with Gasteiger partial charge < -0.3 is 0 Å². The summed E-state index contributed by atoms with van der Waals surface area (Å²) in [5.41, 5.74) is 0. The smallest absolute Gasteiger partial charge is 0.0326 e. The van der Waals surface area contributed by atoms with E-state index in [4.69, 9.17) is 0 Å². The van der Waals surface area contributed by atoms with Gasteiger partial charge in [-0.05, 0) is 31.3 Å². The molecule has 0 aliphatic rings. The Bertz CT molecular complexity index is 123. The first-order valence-corrected chi connectivity index (χ1v) is 9.47. The van der Waals surface area contributed by atoms with Crippen molar-refractivity contribution in [1.29, 1.82) is 0 Å². The Morgan fingerprint density at radius 2 is 1.00 bits per heavy atom. The molecular formula is C15H33P. The molecule has 0 rings (SSSR count). The fourth-order valence-electron chi connectivity index (χ4n) is 2.18. The van der Waals surface area contributed by atoms with Gasteiger partial charge in [0.1, 0.15) is 0 Å². The molecule has 0 aromatic heterocycles. The van der Waals surface area contributed by atoms with Crippen LogP contribution >= 0.6 is 7.92 Å². The van der Waals surface area contributed by atoms with Crippen molar-refractivity contribution in [2.75, 3.05) is 18.5 Å². The molecule has 0 amide bonds. The second-order valence-electron chi connectivity index (χ2n) is 4.96. The Morgan fingerprint density at radius 3 is 1.56 bits per heavy atom. The van der Waals surface area contributed by atoms with Crippen LogP contribution in [0.15, 0.2) is 0 Å². The van der Waals surface area contributed by atoms with Gasteiger partial charge in [0.15, 0.2) is 0 Å². The average Bonchev–Trinajstić information content (AvgIpc) is 2.29. The van der Waals surface area contributed by atoms with Gasteiger partial charge in [-0.3, -0.25) is 0 Å². The summed E-state index contributed by atoms with van der Waals surface area (Å²) in [6, 6.07) is 0. The van der Waals surface area contributed by atoms with Crippen molar-refractivity contribution in [1.82, 2.24) is 0 Å². The van der Waals surface area contributed by atoms with Crippen LogP contribution < -0.4 is 0 Å². The Morgan fingerprint density at radius 1 is 0.500 bits per heavy atom. The molecule has 0 aliphatic heterocycles. The van der Waals surface area contributed by atoms with E-state index < -0.39 is 0 Å². The molecule has 1 unspecified atom stereocenters. The standard InChI is InChI=1S/C15H33P/c1-4-7-9-10-12-15-16(13-6-3)14-11-8-5-2/h4-15H2,1-3H3. The largest absolute Gasteiger partial charge is 0.107 e. The molecule has 0 bridgehead atoms. The topological polar surface area (TPSA) is 0 Å². The van der Waals surface area contributed by atoms with Crippen LogP contribution in [0.25, 0.3) is 0 Å². The second kappa shape index (κ2) is 13.5. The zero-order valence-electron chi connectivity index (χ0n) is 11.9. The summed E-state index contributed by atoms with van der Waals surface area (Å²) in [5.74, 6) is 0. The van der Waals surface area contributed by atoms with Crippen LogP contribution in [0.3, 0.4) is 0 Å². The molecule has 0 spiro atoms. The van der Waals surface area contributed by atoms with Crippen LogP contribution in [0.4, 0.5) is 0 Å². The summed E-state index contributed by atoms with van der Waals surface area (Å²) >= 11 is 0. The second-order valence-corrected chi connectivity index (χ2v) is 7.65. The minimum absolute atomic E-state index is 0.407. The number of unbranched alkanes of at least 4 members (excludes halogenated alkanes) is 6. The predicted octanol–water partition coefficient (Wildman–Crippen LogP) is 6.04. The molecule has 0 aliphatic carbocycles. The molecular weight excluding hydrogens is 211 g/mol. The number of hydrogen-bond acceptors (Lipinski definition) is 0. The van der Waals surface area contributed by atoms with Crippen LogP contribution in [0.5, 0.6) is 0 Å². The van der Waals surface area contributed by atoms with Crippen LogP contribution in [0, 0.1) is 0 Å². The lowest BCUT2D eigenvalue weighted by Gasteiger charge is -2.16. The van der Waals surface area contributed by atoms with Crippen molar-refractivity contribution in [2.24, 2.45) is 0 Å². The van der Waals surface area contributed by atoms with Crippen LogP contribution in [-0.2, 0) is 0 Å². The van der Waals surface area contributed by atoms with Crippen LogP contribution in [-0.4, -0.2) is 18.5 Å². The first-order chi connectivity index (χ1) is 7.85. The van der Waals surface area contributed by atoms with Gasteiger partial charge >= 0.3 is 0 Å². The third-order valence-corrected chi connectivity index (χ3v) is 6.17. The zero-order chi connectivity index (χ0) is 12.1. The molecule has 1 atom stereocenters. The van der Waals surface area contributed by atoms with Crippen molar-refractivity contribution in [3.05, 3.63) is 0 Å². The van der Waals surface area contributed by atoms with Gasteiger partial charge in [-0.2, -0.15) is 0 Å². The lowest BCUT2D eigenvalue weighted by atomic mass is 10.2. The predicted molar refractivity (Wildman–Crippen MR) is 80.1 cm³/mol. The summed E-state index contributed by atoms with van der Waals surface area (Å²) in [6.45, 7) is 6.97. The highest BCUT2D eigenvalue weighted by atomic mass is 31.1. The highest BCUT2D eigenvalue weighted by molar-refractivity contribution is 7.57. The molecule has 0 N–H and O–H groups in total. The van der Waals surface area contributed by atoms with Crippen molar-refractivity contribution in [3.8, 4) is 0 Å². The van der Waals surface area contributed by atoms with E-state index in [1.165, 1.54) is 63.9 Å². The van der Waals surface area contributed by atoms with Crippen molar-refractivity contribution in [3.63, 3.8) is 0 Å². The van der Waals surface area contributed by atoms with Crippen molar-refractivity contribution >= 4 is 7.92 Å². The molecule has 0 nitrogen and oxygen atoms in total. The molecule has 0 saturated heterocycles. The Hall–Kier alpha value is 0.430. The molecule has 0 radical (unpaired) electrons. The monoisotopic (exact) mass is 244 g/mol. The fraction of sp³-hybridized carbons (Fsp3) is 1.00. The van der Waals surface area contributed by atoms with E-state index in [9.17, 15) is 0 Å². The Balaban J connectivity index is 3.43. The van der Waals surface area contributed by atoms with E-state index in [2.05, 4.69) is 20.8 Å². The maximum atomic E-state index is 2.35. The number of rotatable bonds is 12. The lowest BCUT2D eigenvalue weighted by molar-refractivity contribution is 0.657. The van der Waals surface area contributed by atoms with E-state index in [1.54, 1.807) is 12.3 Å². The summed E-state index contributed by atoms with van der Waals surface area (Å²) < 4.78 is 0. The molecule has 0 fully saturated rings. The first-order valence-electron chi connectivity index (χ1n) is 7.57. The van der Waals surface area contributed by atoms with Gasteiger partial charge in [-0.25, -0.2) is 0 Å². The minimum Gasteiger partial charge on any atom is -0.107 e. The lowest BCUT2D eigenvalue weighted by Crippen LogP contribution is -1.95. The fourth-order valence-corrected chi connectivity index (χ4v) is 4.82. The van der Waals surface area contributed by atoms with Gasteiger partial charge in [0.05, 0.1) is 0 Å². The van der Waals surface area contributed by atoms with Gasteiger partial charge in [-0.1, -0.05) is 65.7 Å². The Labute approximate surface area is 105 Å². The highest BCUT2D eigenvalue weighted by Crippen LogP contribution is 2.38. The molecule has 0 aromatic carbocycles. The Kier molecular flexibility index (Phi) is 13.9. The van der Waals surface area contributed by atoms with Gasteiger partial charge in [0.2, 0.25) is 0 Å².